The standard InChI is InChI=1S/C37H28/c1-27-36(30-17-9-4-10-18-30)25-35(29-15-7-3-8-16-29)26-37(27)34-22-12-21-33(24-34)32-20-11-19-31(23-32)28-13-5-2-6-14-28/h2-26H,1H3. The maximum Gasteiger partial charge on any atom is -0.0142 e. The van der Waals surface area contributed by atoms with E-state index in [0.717, 1.165) is 0 Å². The van der Waals surface area contributed by atoms with Crippen molar-refractivity contribution in [3.63, 3.8) is 0 Å². The minimum absolute atomic E-state index is 1.22. The van der Waals surface area contributed by atoms with Gasteiger partial charge in [-0.15, -0.1) is 0 Å². The maximum absolute atomic E-state index is 2.34. The lowest BCUT2D eigenvalue weighted by atomic mass is 9.87. The summed E-state index contributed by atoms with van der Waals surface area (Å²) in [5, 5.41) is 0. The van der Waals surface area contributed by atoms with Crippen molar-refractivity contribution in [1.29, 1.82) is 0 Å². The van der Waals surface area contributed by atoms with Crippen molar-refractivity contribution < 1.29 is 0 Å². The van der Waals surface area contributed by atoms with Gasteiger partial charge in [-0.05, 0) is 92.4 Å². The third-order valence-electron chi connectivity index (χ3n) is 7.08. The van der Waals surface area contributed by atoms with Crippen LogP contribution in [0.3, 0.4) is 0 Å². The van der Waals surface area contributed by atoms with E-state index in [4.69, 9.17) is 0 Å². The molecule has 0 nitrogen and oxygen atoms in total. The summed E-state index contributed by atoms with van der Waals surface area (Å²) < 4.78 is 0. The molecule has 0 N–H and O–H groups in total. The fourth-order valence-corrected chi connectivity index (χ4v) is 5.10. The van der Waals surface area contributed by atoms with Crippen LogP contribution in [0.2, 0.25) is 0 Å². The number of benzene rings is 6. The summed E-state index contributed by atoms with van der Waals surface area (Å²) in [5.74, 6) is 0. The van der Waals surface area contributed by atoms with E-state index >= 15 is 0 Å². The molecule has 6 aromatic rings. The molecular formula is C37H28. The van der Waals surface area contributed by atoms with Gasteiger partial charge >= 0.3 is 0 Å². The van der Waals surface area contributed by atoms with Crippen molar-refractivity contribution in [3.05, 3.63) is 157 Å². The highest BCUT2D eigenvalue weighted by atomic mass is 14.2. The van der Waals surface area contributed by atoms with Crippen molar-refractivity contribution >= 4 is 0 Å². The fraction of sp³-hybridized carbons (Fsp3) is 0.0270. The zero-order valence-corrected chi connectivity index (χ0v) is 20.9. The van der Waals surface area contributed by atoms with E-state index in [1.165, 1.54) is 61.2 Å². The van der Waals surface area contributed by atoms with Crippen LogP contribution in [0.15, 0.2) is 152 Å². The smallest absolute Gasteiger partial charge is 0.0142 e. The van der Waals surface area contributed by atoms with E-state index in [9.17, 15) is 0 Å². The molecule has 0 unspecified atom stereocenters. The molecule has 0 fully saturated rings. The second kappa shape index (κ2) is 10.1. The molecule has 0 aliphatic carbocycles. The second-order valence-electron chi connectivity index (χ2n) is 9.46. The van der Waals surface area contributed by atoms with Crippen LogP contribution in [0, 0.1) is 6.92 Å². The fourth-order valence-electron chi connectivity index (χ4n) is 5.10. The Morgan fingerprint density at radius 3 is 1.16 bits per heavy atom. The lowest BCUT2D eigenvalue weighted by Gasteiger charge is -2.17. The average molecular weight is 473 g/mol. The molecule has 0 saturated heterocycles. The largest absolute Gasteiger partial charge is 0.0622 e. The van der Waals surface area contributed by atoms with E-state index in [2.05, 4.69) is 159 Å². The zero-order chi connectivity index (χ0) is 25.0. The van der Waals surface area contributed by atoms with Crippen LogP contribution in [0.1, 0.15) is 5.56 Å². The van der Waals surface area contributed by atoms with Crippen LogP contribution < -0.4 is 0 Å². The van der Waals surface area contributed by atoms with Crippen molar-refractivity contribution in [2.45, 2.75) is 6.92 Å². The summed E-state index contributed by atoms with van der Waals surface area (Å²) in [5.41, 5.74) is 13.7. The Balaban J connectivity index is 1.49. The van der Waals surface area contributed by atoms with E-state index < -0.39 is 0 Å². The van der Waals surface area contributed by atoms with Gasteiger partial charge in [-0.1, -0.05) is 127 Å². The van der Waals surface area contributed by atoms with Crippen LogP contribution in [-0.2, 0) is 0 Å². The summed E-state index contributed by atoms with van der Waals surface area (Å²) >= 11 is 0. The van der Waals surface area contributed by atoms with Crippen LogP contribution in [0.25, 0.3) is 55.6 Å². The highest BCUT2D eigenvalue weighted by Crippen LogP contribution is 2.38. The first kappa shape index (κ1) is 22.8. The van der Waals surface area contributed by atoms with Crippen molar-refractivity contribution in [2.75, 3.05) is 0 Å². The molecule has 0 aromatic heterocycles. The second-order valence-corrected chi connectivity index (χ2v) is 9.46. The first-order valence-corrected chi connectivity index (χ1v) is 12.8. The third kappa shape index (κ3) is 4.75. The summed E-state index contributed by atoms with van der Waals surface area (Å²) in [4.78, 5) is 0. The minimum atomic E-state index is 1.22. The third-order valence-corrected chi connectivity index (χ3v) is 7.08. The van der Waals surface area contributed by atoms with Crippen molar-refractivity contribution in [2.24, 2.45) is 0 Å². The molecule has 0 aliphatic heterocycles. The minimum Gasteiger partial charge on any atom is -0.0622 e. The number of rotatable bonds is 5. The normalized spacial score (nSPS) is 10.8. The van der Waals surface area contributed by atoms with Crippen LogP contribution >= 0.6 is 0 Å². The lowest BCUT2D eigenvalue weighted by Crippen LogP contribution is -1.92. The molecule has 6 rings (SSSR count). The number of hydrogen-bond acceptors (Lipinski definition) is 0. The van der Waals surface area contributed by atoms with Crippen molar-refractivity contribution in [1.82, 2.24) is 0 Å². The Morgan fingerprint density at radius 1 is 0.270 bits per heavy atom. The van der Waals surface area contributed by atoms with Gasteiger partial charge in [0.1, 0.15) is 0 Å². The molecule has 0 bridgehead atoms. The summed E-state index contributed by atoms with van der Waals surface area (Å²) in [7, 11) is 0. The van der Waals surface area contributed by atoms with Gasteiger partial charge in [-0.25, -0.2) is 0 Å². The predicted octanol–water partition coefficient (Wildman–Crippen LogP) is 10.3. The molecule has 37 heavy (non-hydrogen) atoms. The van der Waals surface area contributed by atoms with Gasteiger partial charge in [-0.2, -0.15) is 0 Å². The summed E-state index contributed by atoms with van der Waals surface area (Å²) in [6.45, 7) is 2.25. The van der Waals surface area contributed by atoms with Crippen LogP contribution in [0.4, 0.5) is 0 Å². The van der Waals surface area contributed by atoms with E-state index in [-0.39, 0.29) is 0 Å². The molecule has 0 heterocycles. The Kier molecular flexibility index (Phi) is 6.23. The lowest BCUT2D eigenvalue weighted by molar-refractivity contribution is 1.44. The summed E-state index contributed by atoms with van der Waals surface area (Å²) in [6.07, 6.45) is 0. The Labute approximate surface area is 219 Å². The van der Waals surface area contributed by atoms with Gasteiger partial charge in [-0.3, -0.25) is 0 Å². The van der Waals surface area contributed by atoms with Crippen LogP contribution in [-0.4, -0.2) is 0 Å². The molecule has 6 aromatic carbocycles. The van der Waals surface area contributed by atoms with E-state index in [1.807, 2.05) is 0 Å². The Morgan fingerprint density at radius 2 is 0.622 bits per heavy atom. The highest BCUT2D eigenvalue weighted by Gasteiger charge is 2.13. The van der Waals surface area contributed by atoms with Gasteiger partial charge in [0.2, 0.25) is 0 Å². The topological polar surface area (TPSA) is 0 Å². The molecule has 0 atom stereocenters. The van der Waals surface area contributed by atoms with Gasteiger partial charge < -0.3 is 0 Å². The monoisotopic (exact) mass is 472 g/mol. The summed E-state index contributed by atoms with van der Waals surface area (Å²) in [6, 6.07) is 54.4. The molecule has 0 aliphatic rings. The first-order valence-electron chi connectivity index (χ1n) is 12.8. The molecule has 0 radical (unpaired) electrons. The molecule has 0 saturated carbocycles. The molecule has 0 heteroatoms. The molecule has 0 spiro atoms. The number of hydrogen-bond donors (Lipinski definition) is 0. The van der Waals surface area contributed by atoms with Gasteiger partial charge in [0.15, 0.2) is 0 Å². The van der Waals surface area contributed by atoms with E-state index in [1.54, 1.807) is 0 Å². The Bertz CT molecular complexity index is 1650. The van der Waals surface area contributed by atoms with Crippen molar-refractivity contribution in [3.8, 4) is 55.6 Å². The first-order chi connectivity index (χ1) is 18.3. The predicted molar refractivity (Wildman–Crippen MR) is 158 cm³/mol. The Hall–Kier alpha value is -4.68. The SMILES string of the molecule is Cc1c(-c2ccccc2)cc(-c2ccccc2)cc1-c1cccc(-c2cccc(-c3ccccc3)c2)c1. The van der Waals surface area contributed by atoms with Crippen LogP contribution in [0.5, 0.6) is 0 Å². The van der Waals surface area contributed by atoms with Gasteiger partial charge in [0, 0.05) is 0 Å². The molecular weight excluding hydrogens is 444 g/mol. The van der Waals surface area contributed by atoms with E-state index in [0.29, 0.717) is 0 Å². The molecule has 0 amide bonds. The van der Waals surface area contributed by atoms with Gasteiger partial charge in [0.05, 0.1) is 0 Å². The molecule has 176 valence electrons. The zero-order valence-electron chi connectivity index (χ0n) is 20.9. The van der Waals surface area contributed by atoms with Gasteiger partial charge in [0.25, 0.3) is 0 Å². The quantitative estimate of drug-likeness (QED) is 0.234. The maximum atomic E-state index is 2.34. The highest BCUT2D eigenvalue weighted by molar-refractivity contribution is 5.86. The average Bonchev–Trinajstić information content (AvgIpc) is 2.99.